The molecule has 7 heteroatoms. The number of phenolic OH excluding ortho intramolecular Hbond substituents is 2. The smallest absolute Gasteiger partial charge is 0.289 e. The number of rotatable bonds is 4. The number of nitro benzene ring substituents is 1. The SMILES string of the molecule is CC(Nc1ccc(Cl)c([N+](=O)[O-])c1)c1cc(O)cc(O)c1. The fourth-order valence-electron chi connectivity index (χ4n) is 1.94. The number of hydrogen-bond acceptors (Lipinski definition) is 5. The highest BCUT2D eigenvalue weighted by molar-refractivity contribution is 6.32. The van der Waals surface area contributed by atoms with Crippen molar-refractivity contribution >= 4 is 23.0 Å². The van der Waals surface area contributed by atoms with Gasteiger partial charge in [-0.05, 0) is 36.8 Å². The molecule has 0 aliphatic heterocycles. The van der Waals surface area contributed by atoms with E-state index >= 15 is 0 Å². The third-order valence-electron chi connectivity index (χ3n) is 2.95. The second-order valence-electron chi connectivity index (χ2n) is 4.57. The van der Waals surface area contributed by atoms with Crippen molar-refractivity contribution in [1.29, 1.82) is 0 Å². The van der Waals surface area contributed by atoms with E-state index in [0.29, 0.717) is 11.3 Å². The fraction of sp³-hybridized carbons (Fsp3) is 0.143. The van der Waals surface area contributed by atoms with E-state index in [1.807, 2.05) is 0 Å². The van der Waals surface area contributed by atoms with Crippen molar-refractivity contribution in [3.8, 4) is 11.5 Å². The zero-order chi connectivity index (χ0) is 15.6. The van der Waals surface area contributed by atoms with Crippen molar-refractivity contribution in [2.45, 2.75) is 13.0 Å². The first-order valence-electron chi connectivity index (χ1n) is 6.10. The number of benzene rings is 2. The van der Waals surface area contributed by atoms with Gasteiger partial charge >= 0.3 is 0 Å². The normalized spacial score (nSPS) is 11.9. The predicted octanol–water partition coefficient (Wildman–Crippen LogP) is 3.83. The van der Waals surface area contributed by atoms with Crippen molar-refractivity contribution in [2.75, 3.05) is 5.32 Å². The average molecular weight is 309 g/mol. The second kappa shape index (κ2) is 5.88. The zero-order valence-corrected chi connectivity index (χ0v) is 11.8. The van der Waals surface area contributed by atoms with Crippen LogP contribution >= 0.6 is 11.6 Å². The minimum atomic E-state index is -0.557. The summed E-state index contributed by atoms with van der Waals surface area (Å²) in [5.41, 5.74) is 0.971. The van der Waals surface area contributed by atoms with E-state index in [1.165, 1.54) is 30.3 Å². The van der Waals surface area contributed by atoms with Gasteiger partial charge in [0, 0.05) is 23.9 Å². The maximum Gasteiger partial charge on any atom is 0.289 e. The monoisotopic (exact) mass is 308 g/mol. The van der Waals surface area contributed by atoms with Gasteiger partial charge in [-0.1, -0.05) is 11.6 Å². The Balaban J connectivity index is 2.25. The van der Waals surface area contributed by atoms with E-state index in [9.17, 15) is 20.3 Å². The molecule has 0 saturated carbocycles. The predicted molar refractivity (Wildman–Crippen MR) is 79.9 cm³/mol. The molecule has 0 heterocycles. The lowest BCUT2D eigenvalue weighted by molar-refractivity contribution is -0.384. The number of aromatic hydroxyl groups is 2. The van der Waals surface area contributed by atoms with Crippen LogP contribution in [0.4, 0.5) is 11.4 Å². The number of phenols is 2. The van der Waals surface area contributed by atoms with Gasteiger partial charge in [0.2, 0.25) is 0 Å². The highest BCUT2D eigenvalue weighted by Gasteiger charge is 2.14. The molecule has 2 aromatic rings. The number of halogens is 1. The highest BCUT2D eigenvalue weighted by Crippen LogP contribution is 2.31. The van der Waals surface area contributed by atoms with E-state index in [4.69, 9.17) is 11.6 Å². The van der Waals surface area contributed by atoms with E-state index in [1.54, 1.807) is 13.0 Å². The molecule has 21 heavy (non-hydrogen) atoms. The summed E-state index contributed by atoms with van der Waals surface area (Å²) in [4.78, 5) is 10.3. The number of hydrogen-bond donors (Lipinski definition) is 3. The summed E-state index contributed by atoms with van der Waals surface area (Å²) in [6.45, 7) is 1.80. The molecule has 0 spiro atoms. The molecule has 2 aromatic carbocycles. The maximum atomic E-state index is 10.8. The Morgan fingerprint density at radius 1 is 1.19 bits per heavy atom. The van der Waals surface area contributed by atoms with Crippen LogP contribution in [0, 0.1) is 10.1 Å². The number of nitro groups is 1. The summed E-state index contributed by atoms with van der Waals surface area (Å²) in [6.07, 6.45) is 0. The first kappa shape index (κ1) is 14.9. The lowest BCUT2D eigenvalue weighted by Crippen LogP contribution is -2.06. The van der Waals surface area contributed by atoms with Crippen molar-refractivity contribution in [3.05, 3.63) is 57.1 Å². The fourth-order valence-corrected chi connectivity index (χ4v) is 2.13. The minimum Gasteiger partial charge on any atom is -0.508 e. The molecule has 0 fully saturated rings. The molecule has 1 atom stereocenters. The number of nitrogens with zero attached hydrogens (tertiary/aromatic N) is 1. The molecule has 1 unspecified atom stereocenters. The molecule has 6 nitrogen and oxygen atoms in total. The third kappa shape index (κ3) is 3.55. The molecule has 0 aliphatic carbocycles. The topological polar surface area (TPSA) is 95.6 Å². The van der Waals surface area contributed by atoms with Gasteiger partial charge in [-0.15, -0.1) is 0 Å². The summed E-state index contributed by atoms with van der Waals surface area (Å²) in [5.74, 6) is -0.110. The standard InChI is InChI=1S/C14H13ClN2O4/c1-8(9-4-11(18)7-12(19)5-9)16-10-2-3-13(15)14(6-10)17(20)21/h2-8,16,18-19H,1H3. The van der Waals surface area contributed by atoms with Gasteiger partial charge in [0.15, 0.2) is 0 Å². The van der Waals surface area contributed by atoms with Crippen molar-refractivity contribution in [3.63, 3.8) is 0 Å². The van der Waals surface area contributed by atoms with Crippen LogP contribution in [-0.4, -0.2) is 15.1 Å². The van der Waals surface area contributed by atoms with Gasteiger partial charge < -0.3 is 15.5 Å². The third-order valence-corrected chi connectivity index (χ3v) is 3.27. The van der Waals surface area contributed by atoms with Gasteiger partial charge in [0.05, 0.1) is 4.92 Å². The Bertz CT molecular complexity index is 670. The quantitative estimate of drug-likeness (QED) is 0.589. The van der Waals surface area contributed by atoms with E-state index in [2.05, 4.69) is 5.32 Å². The summed E-state index contributed by atoms with van der Waals surface area (Å²) in [5, 5.41) is 32.9. The summed E-state index contributed by atoms with van der Waals surface area (Å²) < 4.78 is 0. The highest BCUT2D eigenvalue weighted by atomic mass is 35.5. The van der Waals surface area contributed by atoms with Crippen LogP contribution < -0.4 is 5.32 Å². The summed E-state index contributed by atoms with van der Waals surface area (Å²) >= 11 is 5.75. The van der Waals surface area contributed by atoms with Crippen molar-refractivity contribution in [2.24, 2.45) is 0 Å². The zero-order valence-electron chi connectivity index (χ0n) is 11.1. The lowest BCUT2D eigenvalue weighted by Gasteiger charge is -2.16. The Morgan fingerprint density at radius 3 is 2.38 bits per heavy atom. The lowest BCUT2D eigenvalue weighted by atomic mass is 10.1. The molecule has 0 aliphatic rings. The summed E-state index contributed by atoms with van der Waals surface area (Å²) in [6, 6.07) is 8.35. The average Bonchev–Trinajstić information content (AvgIpc) is 2.39. The first-order valence-corrected chi connectivity index (χ1v) is 6.48. The van der Waals surface area contributed by atoms with E-state index < -0.39 is 4.92 Å². The molecular weight excluding hydrogens is 296 g/mol. The van der Waals surface area contributed by atoms with Gasteiger partial charge in [-0.3, -0.25) is 10.1 Å². The van der Waals surface area contributed by atoms with Crippen molar-refractivity contribution < 1.29 is 15.1 Å². The molecular formula is C14H13ClN2O4. The first-order chi connectivity index (χ1) is 9.86. The Morgan fingerprint density at radius 2 is 1.81 bits per heavy atom. The van der Waals surface area contributed by atoms with Gasteiger partial charge in [0.1, 0.15) is 16.5 Å². The Kier molecular flexibility index (Phi) is 4.18. The molecule has 0 radical (unpaired) electrons. The van der Waals surface area contributed by atoms with Crippen LogP contribution in [0.1, 0.15) is 18.5 Å². The van der Waals surface area contributed by atoms with Gasteiger partial charge in [-0.25, -0.2) is 0 Å². The molecule has 0 aromatic heterocycles. The second-order valence-corrected chi connectivity index (χ2v) is 4.98. The molecule has 0 amide bonds. The number of nitrogens with one attached hydrogen (secondary N) is 1. The molecule has 2 rings (SSSR count). The van der Waals surface area contributed by atoms with Crippen LogP contribution in [0.5, 0.6) is 11.5 Å². The van der Waals surface area contributed by atoms with E-state index in [0.717, 1.165) is 0 Å². The molecule has 0 bridgehead atoms. The summed E-state index contributed by atoms with van der Waals surface area (Å²) in [7, 11) is 0. The van der Waals surface area contributed by atoms with Crippen LogP contribution in [0.2, 0.25) is 5.02 Å². The minimum absolute atomic E-state index is 0.0549. The Labute approximate surface area is 125 Å². The molecule has 0 saturated heterocycles. The number of anilines is 1. The van der Waals surface area contributed by atoms with Crippen LogP contribution in [0.25, 0.3) is 0 Å². The van der Waals surface area contributed by atoms with E-state index in [-0.39, 0.29) is 28.3 Å². The van der Waals surface area contributed by atoms with Gasteiger partial charge in [0.25, 0.3) is 5.69 Å². The molecule has 110 valence electrons. The van der Waals surface area contributed by atoms with Crippen LogP contribution in [-0.2, 0) is 0 Å². The largest absolute Gasteiger partial charge is 0.508 e. The molecule has 3 N–H and O–H groups in total. The Hall–Kier alpha value is -2.47. The van der Waals surface area contributed by atoms with Gasteiger partial charge in [-0.2, -0.15) is 0 Å². The van der Waals surface area contributed by atoms with Crippen LogP contribution in [0.3, 0.4) is 0 Å². The maximum absolute atomic E-state index is 10.8. The van der Waals surface area contributed by atoms with Crippen molar-refractivity contribution in [1.82, 2.24) is 0 Å². The van der Waals surface area contributed by atoms with Crippen LogP contribution in [0.15, 0.2) is 36.4 Å².